The number of benzene rings is 1. The quantitative estimate of drug-likeness (QED) is 0.455. The van der Waals surface area contributed by atoms with Crippen molar-refractivity contribution in [2.24, 2.45) is 0 Å². The van der Waals surface area contributed by atoms with E-state index < -0.39 is 39.1 Å². The maximum atomic E-state index is 12.0. The Kier molecular flexibility index (Phi) is 6.13. The van der Waals surface area contributed by atoms with E-state index in [1.54, 1.807) is 13.8 Å². The standard InChI is InChI=1S/C13H15N3O7/c1-3-23-12(17)4-8(2)14-13(18)9-5-10(15(19)20)7-11(6-9)16(21)22/h5-8H,3-4H2,1-2H3,(H,14,18). The molecule has 1 aromatic rings. The van der Waals surface area contributed by atoms with Crippen molar-refractivity contribution in [1.82, 2.24) is 5.32 Å². The fourth-order valence-electron chi connectivity index (χ4n) is 1.77. The molecule has 0 radical (unpaired) electrons. The number of nitrogens with one attached hydrogen (secondary N) is 1. The highest BCUT2D eigenvalue weighted by Crippen LogP contribution is 2.22. The number of non-ortho nitro benzene ring substituents is 2. The Morgan fingerprint density at radius 1 is 1.17 bits per heavy atom. The van der Waals surface area contributed by atoms with Gasteiger partial charge in [-0.1, -0.05) is 0 Å². The minimum Gasteiger partial charge on any atom is -0.466 e. The Labute approximate surface area is 130 Å². The van der Waals surface area contributed by atoms with E-state index in [0.717, 1.165) is 18.2 Å². The fourth-order valence-corrected chi connectivity index (χ4v) is 1.77. The minimum absolute atomic E-state index is 0.0867. The first-order valence-electron chi connectivity index (χ1n) is 6.65. The van der Waals surface area contributed by atoms with Gasteiger partial charge in [0, 0.05) is 18.2 Å². The van der Waals surface area contributed by atoms with E-state index in [0.29, 0.717) is 0 Å². The van der Waals surface area contributed by atoms with Crippen LogP contribution in [0.3, 0.4) is 0 Å². The van der Waals surface area contributed by atoms with Crippen LogP contribution in [-0.4, -0.2) is 34.4 Å². The predicted molar refractivity (Wildman–Crippen MR) is 77.9 cm³/mol. The zero-order valence-electron chi connectivity index (χ0n) is 12.5. The largest absolute Gasteiger partial charge is 0.466 e. The zero-order valence-corrected chi connectivity index (χ0v) is 12.5. The first kappa shape index (κ1) is 18.0. The average Bonchev–Trinajstić information content (AvgIpc) is 2.46. The van der Waals surface area contributed by atoms with Gasteiger partial charge in [-0.3, -0.25) is 29.8 Å². The molecule has 0 bridgehead atoms. The second kappa shape index (κ2) is 7.82. The molecular formula is C13H15N3O7. The Morgan fingerprint density at radius 3 is 2.13 bits per heavy atom. The normalized spacial score (nSPS) is 11.4. The van der Waals surface area contributed by atoms with E-state index in [-0.39, 0.29) is 18.6 Å². The van der Waals surface area contributed by atoms with Gasteiger partial charge in [-0.25, -0.2) is 0 Å². The summed E-state index contributed by atoms with van der Waals surface area (Å²) in [4.78, 5) is 43.2. The molecule has 10 nitrogen and oxygen atoms in total. The van der Waals surface area contributed by atoms with Crippen molar-refractivity contribution in [3.8, 4) is 0 Å². The summed E-state index contributed by atoms with van der Waals surface area (Å²) in [6.07, 6.45) is -0.0867. The summed E-state index contributed by atoms with van der Waals surface area (Å²) in [5.74, 6) is -1.26. The molecule has 0 aromatic heterocycles. The molecule has 0 aliphatic carbocycles. The Hall–Kier alpha value is -3.04. The summed E-state index contributed by atoms with van der Waals surface area (Å²) in [6, 6.07) is 2.03. The van der Waals surface area contributed by atoms with Crippen molar-refractivity contribution >= 4 is 23.3 Å². The topological polar surface area (TPSA) is 142 Å². The Bertz CT molecular complexity index is 612. The van der Waals surface area contributed by atoms with Crippen LogP contribution < -0.4 is 5.32 Å². The number of amides is 1. The Morgan fingerprint density at radius 2 is 1.70 bits per heavy atom. The molecule has 1 rings (SSSR count). The van der Waals surface area contributed by atoms with Crippen molar-refractivity contribution in [2.45, 2.75) is 26.3 Å². The van der Waals surface area contributed by atoms with Gasteiger partial charge in [-0.2, -0.15) is 0 Å². The lowest BCUT2D eigenvalue weighted by Crippen LogP contribution is -2.34. The van der Waals surface area contributed by atoms with Crippen LogP contribution in [0.2, 0.25) is 0 Å². The van der Waals surface area contributed by atoms with E-state index in [4.69, 9.17) is 4.74 Å². The summed E-state index contributed by atoms with van der Waals surface area (Å²) < 4.78 is 4.73. The molecule has 10 heteroatoms. The third-order valence-electron chi connectivity index (χ3n) is 2.74. The smallest absolute Gasteiger partial charge is 0.307 e. The lowest BCUT2D eigenvalue weighted by Gasteiger charge is -2.13. The SMILES string of the molecule is CCOC(=O)CC(C)NC(=O)c1cc([N+](=O)[O-])cc([N+](=O)[O-])c1. The van der Waals surface area contributed by atoms with E-state index in [1.807, 2.05) is 0 Å². The maximum Gasteiger partial charge on any atom is 0.307 e. The number of carbonyl (C=O) groups is 2. The molecule has 0 saturated heterocycles. The van der Waals surface area contributed by atoms with Crippen LogP contribution in [-0.2, 0) is 9.53 Å². The van der Waals surface area contributed by atoms with Crippen LogP contribution >= 0.6 is 0 Å². The molecule has 1 amide bonds. The summed E-state index contributed by atoms with van der Waals surface area (Å²) in [6.45, 7) is 3.39. The fraction of sp³-hybridized carbons (Fsp3) is 0.385. The van der Waals surface area contributed by atoms with Gasteiger partial charge in [0.15, 0.2) is 0 Å². The molecule has 1 N–H and O–H groups in total. The number of carbonyl (C=O) groups excluding carboxylic acids is 2. The number of hydrogen-bond acceptors (Lipinski definition) is 7. The van der Waals surface area contributed by atoms with Crippen molar-refractivity contribution in [3.63, 3.8) is 0 Å². The second-order valence-corrected chi connectivity index (χ2v) is 4.64. The molecule has 23 heavy (non-hydrogen) atoms. The van der Waals surface area contributed by atoms with Crippen LogP contribution in [0.5, 0.6) is 0 Å². The van der Waals surface area contributed by atoms with Gasteiger partial charge in [-0.05, 0) is 13.8 Å². The monoisotopic (exact) mass is 325 g/mol. The van der Waals surface area contributed by atoms with Crippen LogP contribution in [0.1, 0.15) is 30.6 Å². The highest BCUT2D eigenvalue weighted by Gasteiger charge is 2.21. The van der Waals surface area contributed by atoms with Gasteiger partial charge >= 0.3 is 5.97 Å². The van der Waals surface area contributed by atoms with E-state index >= 15 is 0 Å². The van der Waals surface area contributed by atoms with E-state index in [9.17, 15) is 29.8 Å². The first-order valence-corrected chi connectivity index (χ1v) is 6.65. The second-order valence-electron chi connectivity index (χ2n) is 4.64. The van der Waals surface area contributed by atoms with Crippen LogP contribution in [0.4, 0.5) is 11.4 Å². The number of hydrogen-bond donors (Lipinski definition) is 1. The number of esters is 1. The van der Waals surface area contributed by atoms with Gasteiger partial charge in [-0.15, -0.1) is 0 Å². The first-order chi connectivity index (χ1) is 10.7. The molecular weight excluding hydrogens is 310 g/mol. The van der Waals surface area contributed by atoms with Gasteiger partial charge in [0.25, 0.3) is 17.3 Å². The third kappa shape index (κ3) is 5.34. The molecule has 0 saturated carbocycles. The van der Waals surface area contributed by atoms with E-state index in [2.05, 4.69) is 5.32 Å². The minimum atomic E-state index is -0.828. The van der Waals surface area contributed by atoms with Gasteiger partial charge in [0.2, 0.25) is 0 Å². The lowest BCUT2D eigenvalue weighted by atomic mass is 10.1. The zero-order chi connectivity index (χ0) is 17.6. The predicted octanol–water partition coefficient (Wildman–Crippen LogP) is 1.57. The molecule has 124 valence electrons. The highest BCUT2D eigenvalue weighted by atomic mass is 16.6. The highest BCUT2D eigenvalue weighted by molar-refractivity contribution is 5.96. The molecule has 1 atom stereocenters. The van der Waals surface area contributed by atoms with Crippen LogP contribution in [0, 0.1) is 20.2 Å². The molecule has 0 spiro atoms. The third-order valence-corrected chi connectivity index (χ3v) is 2.74. The van der Waals surface area contributed by atoms with Crippen LogP contribution in [0.15, 0.2) is 18.2 Å². The number of ether oxygens (including phenoxy) is 1. The molecule has 0 aliphatic rings. The Balaban J connectivity index is 2.92. The summed E-state index contributed by atoms with van der Waals surface area (Å²) in [5, 5.41) is 24.0. The number of nitro groups is 2. The maximum absolute atomic E-state index is 12.0. The van der Waals surface area contributed by atoms with Gasteiger partial charge in [0.1, 0.15) is 0 Å². The number of rotatable bonds is 7. The molecule has 1 unspecified atom stereocenters. The van der Waals surface area contributed by atoms with Crippen molar-refractivity contribution in [2.75, 3.05) is 6.61 Å². The number of nitrogens with zero attached hydrogens (tertiary/aromatic N) is 2. The molecule has 0 aliphatic heterocycles. The number of nitro benzene ring substituents is 2. The van der Waals surface area contributed by atoms with Gasteiger partial charge in [0.05, 0.1) is 34.5 Å². The molecule has 0 fully saturated rings. The van der Waals surface area contributed by atoms with E-state index in [1.165, 1.54) is 0 Å². The lowest BCUT2D eigenvalue weighted by molar-refractivity contribution is -0.394. The average molecular weight is 325 g/mol. The van der Waals surface area contributed by atoms with Crippen molar-refractivity contribution in [1.29, 1.82) is 0 Å². The van der Waals surface area contributed by atoms with Crippen molar-refractivity contribution in [3.05, 3.63) is 44.0 Å². The summed E-state index contributed by atoms with van der Waals surface area (Å²) in [5.41, 5.74) is -1.37. The summed E-state index contributed by atoms with van der Waals surface area (Å²) in [7, 11) is 0. The molecule has 0 heterocycles. The molecule has 1 aromatic carbocycles. The van der Waals surface area contributed by atoms with Gasteiger partial charge < -0.3 is 10.1 Å². The summed E-state index contributed by atoms with van der Waals surface area (Å²) >= 11 is 0. The van der Waals surface area contributed by atoms with Crippen molar-refractivity contribution < 1.29 is 24.2 Å². The van der Waals surface area contributed by atoms with Crippen LogP contribution in [0.25, 0.3) is 0 Å².